The Morgan fingerprint density at radius 3 is 2.48 bits per heavy atom. The van der Waals surface area contributed by atoms with Crippen molar-refractivity contribution in [3.05, 3.63) is 64.5 Å². The Morgan fingerprint density at radius 2 is 1.74 bits per heavy atom. The zero-order chi connectivity index (χ0) is 19.1. The van der Waals surface area contributed by atoms with Crippen molar-refractivity contribution in [1.82, 2.24) is 9.97 Å². The molecule has 2 N–H and O–H groups in total. The molecule has 136 valence electrons. The molecule has 4 aromatic rings. The highest BCUT2D eigenvalue weighted by molar-refractivity contribution is 7.19. The van der Waals surface area contributed by atoms with Crippen molar-refractivity contribution in [2.75, 3.05) is 5.32 Å². The fourth-order valence-corrected chi connectivity index (χ4v) is 4.24. The van der Waals surface area contributed by atoms with Crippen LogP contribution in [0.15, 0.2) is 42.5 Å². The highest BCUT2D eigenvalue weighted by Crippen LogP contribution is 2.42. The summed E-state index contributed by atoms with van der Waals surface area (Å²) < 4.78 is 13.4. The molecule has 0 bridgehead atoms. The van der Waals surface area contributed by atoms with E-state index in [0.717, 1.165) is 31.8 Å². The summed E-state index contributed by atoms with van der Waals surface area (Å²) in [6, 6.07) is 11.8. The van der Waals surface area contributed by atoms with Crippen LogP contribution in [0, 0.1) is 26.6 Å². The Kier molecular flexibility index (Phi) is 4.28. The van der Waals surface area contributed by atoms with Gasteiger partial charge >= 0.3 is 0 Å². The third-order valence-electron chi connectivity index (χ3n) is 4.38. The van der Waals surface area contributed by atoms with Crippen molar-refractivity contribution >= 4 is 33.1 Å². The Balaban J connectivity index is 1.94. The molecule has 0 atom stereocenters. The summed E-state index contributed by atoms with van der Waals surface area (Å²) in [5.74, 6) is 1.15. The fourth-order valence-electron chi connectivity index (χ4n) is 3.15. The summed E-state index contributed by atoms with van der Waals surface area (Å²) in [7, 11) is 0. The molecule has 0 amide bonds. The second-order valence-corrected chi connectivity index (χ2v) is 7.69. The van der Waals surface area contributed by atoms with Crippen LogP contribution in [-0.2, 0) is 0 Å². The standard InChI is InChI=1S/C21H18FN3OS/c1-11-4-9-17(26)16(10-11)25-20-19-18(14-5-7-15(22)8-6-14)12(2)27-21(19)24-13(3)23-20/h4-10,26H,1-3H3,(H,23,24,25). The average Bonchev–Trinajstić information content (AvgIpc) is 2.94. The maximum Gasteiger partial charge on any atom is 0.143 e. The SMILES string of the molecule is Cc1ccc(O)c(Nc2nc(C)nc3sc(C)c(-c4ccc(F)cc4)c23)c1. The average molecular weight is 379 g/mol. The van der Waals surface area contributed by atoms with Crippen LogP contribution in [0.4, 0.5) is 15.9 Å². The van der Waals surface area contributed by atoms with Crippen LogP contribution < -0.4 is 5.32 Å². The minimum atomic E-state index is -0.272. The topological polar surface area (TPSA) is 58.0 Å². The van der Waals surface area contributed by atoms with Crippen LogP contribution in [0.1, 0.15) is 16.3 Å². The number of rotatable bonds is 3. The highest BCUT2D eigenvalue weighted by atomic mass is 32.1. The van der Waals surface area contributed by atoms with E-state index in [2.05, 4.69) is 15.3 Å². The van der Waals surface area contributed by atoms with E-state index in [1.165, 1.54) is 12.1 Å². The molecule has 2 aromatic carbocycles. The van der Waals surface area contributed by atoms with Crippen LogP contribution in [0.2, 0.25) is 0 Å². The van der Waals surface area contributed by atoms with Gasteiger partial charge < -0.3 is 10.4 Å². The van der Waals surface area contributed by atoms with E-state index in [1.807, 2.05) is 32.9 Å². The Hall–Kier alpha value is -2.99. The molecule has 0 fully saturated rings. The Labute approximate surface area is 160 Å². The number of anilines is 2. The lowest BCUT2D eigenvalue weighted by Gasteiger charge is -2.12. The molecule has 6 heteroatoms. The number of aryl methyl sites for hydroxylation is 3. The Morgan fingerprint density at radius 1 is 1.00 bits per heavy atom. The molecule has 0 radical (unpaired) electrons. The minimum Gasteiger partial charge on any atom is -0.506 e. The van der Waals surface area contributed by atoms with Crippen molar-refractivity contribution in [2.24, 2.45) is 0 Å². The molecule has 0 saturated heterocycles. The first kappa shape index (κ1) is 17.4. The summed E-state index contributed by atoms with van der Waals surface area (Å²) >= 11 is 1.58. The first-order chi connectivity index (χ1) is 12.9. The van der Waals surface area contributed by atoms with Crippen molar-refractivity contribution < 1.29 is 9.50 Å². The number of aromatic nitrogens is 2. The summed E-state index contributed by atoms with van der Waals surface area (Å²) in [5.41, 5.74) is 3.50. The number of phenolic OH excluding ortho intramolecular Hbond substituents is 1. The van der Waals surface area contributed by atoms with Gasteiger partial charge in [-0.25, -0.2) is 14.4 Å². The van der Waals surface area contributed by atoms with E-state index < -0.39 is 0 Å². The van der Waals surface area contributed by atoms with E-state index in [1.54, 1.807) is 29.5 Å². The van der Waals surface area contributed by atoms with Crippen LogP contribution in [0.5, 0.6) is 5.75 Å². The predicted molar refractivity (Wildman–Crippen MR) is 108 cm³/mol. The van der Waals surface area contributed by atoms with Gasteiger partial charge in [0, 0.05) is 10.4 Å². The molecule has 0 spiro atoms. The van der Waals surface area contributed by atoms with Gasteiger partial charge in [0.25, 0.3) is 0 Å². The van der Waals surface area contributed by atoms with Gasteiger partial charge in [-0.05, 0) is 56.2 Å². The second kappa shape index (κ2) is 6.63. The molecule has 2 heterocycles. The molecular weight excluding hydrogens is 361 g/mol. The zero-order valence-electron chi connectivity index (χ0n) is 15.2. The van der Waals surface area contributed by atoms with Crippen molar-refractivity contribution in [3.63, 3.8) is 0 Å². The zero-order valence-corrected chi connectivity index (χ0v) is 16.0. The van der Waals surface area contributed by atoms with E-state index in [-0.39, 0.29) is 11.6 Å². The quantitative estimate of drug-likeness (QED) is 0.437. The number of hydrogen-bond donors (Lipinski definition) is 2. The Bertz CT molecular complexity index is 1150. The summed E-state index contributed by atoms with van der Waals surface area (Å²) in [6.07, 6.45) is 0. The van der Waals surface area contributed by atoms with Gasteiger partial charge in [-0.15, -0.1) is 11.3 Å². The first-order valence-corrected chi connectivity index (χ1v) is 9.34. The van der Waals surface area contributed by atoms with Gasteiger partial charge in [-0.1, -0.05) is 18.2 Å². The molecule has 27 heavy (non-hydrogen) atoms. The number of nitrogens with one attached hydrogen (secondary N) is 1. The molecule has 0 aliphatic carbocycles. The first-order valence-electron chi connectivity index (χ1n) is 8.52. The van der Waals surface area contributed by atoms with E-state index in [4.69, 9.17) is 0 Å². The van der Waals surface area contributed by atoms with Crippen LogP contribution in [0.3, 0.4) is 0 Å². The third kappa shape index (κ3) is 3.24. The lowest BCUT2D eigenvalue weighted by molar-refractivity contribution is 0.477. The summed E-state index contributed by atoms with van der Waals surface area (Å²) in [6.45, 7) is 5.83. The minimum absolute atomic E-state index is 0.153. The van der Waals surface area contributed by atoms with Gasteiger partial charge in [0.05, 0.1) is 11.1 Å². The van der Waals surface area contributed by atoms with Crippen LogP contribution in [0.25, 0.3) is 21.3 Å². The van der Waals surface area contributed by atoms with Crippen molar-refractivity contribution in [3.8, 4) is 16.9 Å². The summed E-state index contributed by atoms with van der Waals surface area (Å²) in [4.78, 5) is 11.1. The molecule has 0 aliphatic heterocycles. The lowest BCUT2D eigenvalue weighted by Crippen LogP contribution is -1.99. The third-order valence-corrected chi connectivity index (χ3v) is 5.38. The number of hydrogen-bond acceptors (Lipinski definition) is 5. The maximum atomic E-state index is 13.4. The second-order valence-electron chi connectivity index (χ2n) is 6.49. The van der Waals surface area contributed by atoms with Gasteiger partial charge in [0.1, 0.15) is 28.0 Å². The highest BCUT2D eigenvalue weighted by Gasteiger charge is 2.18. The maximum absolute atomic E-state index is 13.4. The smallest absolute Gasteiger partial charge is 0.143 e. The number of nitrogens with zero attached hydrogens (tertiary/aromatic N) is 2. The van der Waals surface area contributed by atoms with Crippen molar-refractivity contribution in [1.29, 1.82) is 0 Å². The monoisotopic (exact) mass is 379 g/mol. The molecule has 4 nitrogen and oxygen atoms in total. The lowest BCUT2D eigenvalue weighted by atomic mass is 10.0. The van der Waals surface area contributed by atoms with Gasteiger partial charge in [-0.2, -0.15) is 0 Å². The van der Waals surface area contributed by atoms with E-state index in [9.17, 15) is 9.50 Å². The number of fused-ring (bicyclic) bond motifs is 1. The van der Waals surface area contributed by atoms with Crippen LogP contribution >= 0.6 is 11.3 Å². The normalized spacial score (nSPS) is 11.1. The van der Waals surface area contributed by atoms with E-state index >= 15 is 0 Å². The number of phenols is 1. The van der Waals surface area contributed by atoms with Gasteiger partial charge in [0.2, 0.25) is 0 Å². The van der Waals surface area contributed by atoms with Gasteiger partial charge in [-0.3, -0.25) is 0 Å². The van der Waals surface area contributed by atoms with Crippen LogP contribution in [-0.4, -0.2) is 15.1 Å². The number of thiophene rings is 1. The summed E-state index contributed by atoms with van der Waals surface area (Å²) in [5, 5.41) is 14.3. The fraction of sp³-hybridized carbons (Fsp3) is 0.143. The molecule has 0 aliphatic rings. The molecule has 2 aromatic heterocycles. The number of halogens is 1. The van der Waals surface area contributed by atoms with Crippen molar-refractivity contribution in [2.45, 2.75) is 20.8 Å². The molecular formula is C21H18FN3OS. The largest absolute Gasteiger partial charge is 0.506 e. The predicted octanol–water partition coefficient (Wildman–Crippen LogP) is 5.87. The molecule has 0 unspecified atom stereocenters. The molecule has 4 rings (SSSR count). The van der Waals surface area contributed by atoms with Gasteiger partial charge in [0.15, 0.2) is 0 Å². The number of aromatic hydroxyl groups is 1. The van der Waals surface area contributed by atoms with E-state index in [0.29, 0.717) is 17.3 Å². The number of benzene rings is 2. The molecule has 0 saturated carbocycles.